The van der Waals surface area contributed by atoms with Gasteiger partial charge in [0.1, 0.15) is 11.6 Å². The van der Waals surface area contributed by atoms with Crippen LogP contribution in [0.3, 0.4) is 0 Å². The number of hydrogen-bond donors (Lipinski definition) is 1. The van der Waals surface area contributed by atoms with Gasteiger partial charge in [-0.15, -0.1) is 10.2 Å². The van der Waals surface area contributed by atoms with Crippen LogP contribution in [0.5, 0.6) is 0 Å². The molecule has 0 bridgehead atoms. The lowest BCUT2D eigenvalue weighted by atomic mass is 9.80. The van der Waals surface area contributed by atoms with E-state index in [0.717, 1.165) is 43.6 Å². The van der Waals surface area contributed by atoms with Gasteiger partial charge in [0.25, 0.3) is 0 Å². The standard InChI is InChI=1S/C17H31N5O/c1-21-16(19-20-17(21)14-10-15(18)11-14)12-22-7-5-13(6-8-22)4-3-9-23-2/h13-15H,3-12,18H2,1-2H3. The molecule has 1 aromatic heterocycles. The van der Waals surface area contributed by atoms with E-state index in [0.29, 0.717) is 12.0 Å². The third-order valence-corrected chi connectivity index (χ3v) is 5.57. The first-order valence-corrected chi connectivity index (χ1v) is 9.02. The van der Waals surface area contributed by atoms with Crippen LogP contribution in [0.15, 0.2) is 0 Å². The lowest BCUT2D eigenvalue weighted by Crippen LogP contribution is -2.36. The van der Waals surface area contributed by atoms with Gasteiger partial charge < -0.3 is 15.0 Å². The molecule has 1 saturated heterocycles. The highest BCUT2D eigenvalue weighted by Gasteiger charge is 2.31. The summed E-state index contributed by atoms with van der Waals surface area (Å²) in [6, 6.07) is 0.359. The molecule has 6 heteroatoms. The number of nitrogens with zero attached hydrogens (tertiary/aromatic N) is 4. The van der Waals surface area contributed by atoms with E-state index in [-0.39, 0.29) is 0 Å². The maximum Gasteiger partial charge on any atom is 0.146 e. The largest absolute Gasteiger partial charge is 0.385 e. The minimum atomic E-state index is 0.359. The van der Waals surface area contributed by atoms with Crippen LogP contribution in [0, 0.1) is 5.92 Å². The summed E-state index contributed by atoms with van der Waals surface area (Å²) in [5.74, 6) is 3.60. The topological polar surface area (TPSA) is 69.2 Å². The van der Waals surface area contributed by atoms with Crippen molar-refractivity contribution in [3.05, 3.63) is 11.6 Å². The molecule has 2 aliphatic rings. The van der Waals surface area contributed by atoms with Crippen molar-refractivity contribution < 1.29 is 4.74 Å². The van der Waals surface area contributed by atoms with Gasteiger partial charge in [0.15, 0.2) is 0 Å². The Hall–Kier alpha value is -0.980. The van der Waals surface area contributed by atoms with Crippen molar-refractivity contribution in [1.29, 1.82) is 0 Å². The van der Waals surface area contributed by atoms with Crippen LogP contribution < -0.4 is 5.73 Å². The summed E-state index contributed by atoms with van der Waals surface area (Å²) in [7, 11) is 3.89. The molecule has 0 amide bonds. The first-order chi connectivity index (χ1) is 11.2. The van der Waals surface area contributed by atoms with E-state index in [2.05, 4.69) is 26.7 Å². The second-order valence-electron chi connectivity index (χ2n) is 7.32. The molecule has 2 N–H and O–H groups in total. The van der Waals surface area contributed by atoms with Gasteiger partial charge in [0.2, 0.25) is 0 Å². The van der Waals surface area contributed by atoms with Gasteiger partial charge in [-0.25, -0.2) is 0 Å². The predicted octanol–water partition coefficient (Wildman–Crippen LogP) is 1.66. The Labute approximate surface area is 139 Å². The minimum absolute atomic E-state index is 0.359. The molecule has 1 aromatic rings. The van der Waals surface area contributed by atoms with Crippen molar-refractivity contribution in [1.82, 2.24) is 19.7 Å². The third kappa shape index (κ3) is 4.11. The smallest absolute Gasteiger partial charge is 0.146 e. The zero-order valence-corrected chi connectivity index (χ0v) is 14.6. The summed E-state index contributed by atoms with van der Waals surface area (Å²) < 4.78 is 7.35. The highest BCUT2D eigenvalue weighted by atomic mass is 16.5. The molecule has 1 aliphatic carbocycles. The molecule has 130 valence electrons. The lowest BCUT2D eigenvalue weighted by molar-refractivity contribution is 0.148. The highest BCUT2D eigenvalue weighted by Crippen LogP contribution is 2.34. The van der Waals surface area contributed by atoms with E-state index in [1.54, 1.807) is 7.11 Å². The first-order valence-electron chi connectivity index (χ1n) is 9.02. The van der Waals surface area contributed by atoms with Crippen LogP contribution >= 0.6 is 0 Å². The van der Waals surface area contributed by atoms with Crippen LogP contribution in [0.1, 0.15) is 56.1 Å². The van der Waals surface area contributed by atoms with Crippen LogP contribution in [0.25, 0.3) is 0 Å². The molecule has 1 aliphatic heterocycles. The number of methoxy groups -OCH3 is 1. The molecule has 6 nitrogen and oxygen atoms in total. The zero-order chi connectivity index (χ0) is 16.2. The molecule has 0 radical (unpaired) electrons. The van der Waals surface area contributed by atoms with Crippen molar-refractivity contribution in [3.63, 3.8) is 0 Å². The second-order valence-corrected chi connectivity index (χ2v) is 7.32. The number of ether oxygens (including phenoxy) is 1. The van der Waals surface area contributed by atoms with E-state index in [1.165, 1.54) is 38.8 Å². The zero-order valence-electron chi connectivity index (χ0n) is 14.6. The average molecular weight is 321 g/mol. The number of aromatic nitrogens is 3. The fourth-order valence-electron chi connectivity index (χ4n) is 3.89. The third-order valence-electron chi connectivity index (χ3n) is 5.57. The van der Waals surface area contributed by atoms with Gasteiger partial charge in [-0.2, -0.15) is 0 Å². The maximum absolute atomic E-state index is 5.90. The maximum atomic E-state index is 5.90. The summed E-state index contributed by atoms with van der Waals surface area (Å²) in [6.07, 6.45) is 7.20. The Bertz CT molecular complexity index is 489. The quantitative estimate of drug-likeness (QED) is 0.774. The summed E-state index contributed by atoms with van der Waals surface area (Å²) in [5.41, 5.74) is 5.90. The molecule has 2 heterocycles. The average Bonchev–Trinajstić information content (AvgIpc) is 2.87. The highest BCUT2D eigenvalue weighted by molar-refractivity contribution is 5.08. The Morgan fingerprint density at radius 3 is 2.61 bits per heavy atom. The van der Waals surface area contributed by atoms with Gasteiger partial charge in [-0.3, -0.25) is 4.90 Å². The monoisotopic (exact) mass is 321 g/mol. The van der Waals surface area contributed by atoms with Crippen LogP contribution in [-0.4, -0.2) is 52.5 Å². The van der Waals surface area contributed by atoms with E-state index < -0.39 is 0 Å². The summed E-state index contributed by atoms with van der Waals surface area (Å²) in [5, 5.41) is 8.85. The summed E-state index contributed by atoms with van der Waals surface area (Å²) in [6.45, 7) is 4.17. The van der Waals surface area contributed by atoms with Crippen molar-refractivity contribution in [2.45, 2.75) is 57.0 Å². The van der Waals surface area contributed by atoms with Gasteiger partial charge in [-0.1, -0.05) is 0 Å². The van der Waals surface area contributed by atoms with Crippen LogP contribution in [-0.2, 0) is 18.3 Å². The van der Waals surface area contributed by atoms with E-state index in [9.17, 15) is 0 Å². The molecule has 2 fully saturated rings. The lowest BCUT2D eigenvalue weighted by Gasteiger charge is -2.32. The van der Waals surface area contributed by atoms with Crippen LogP contribution in [0.2, 0.25) is 0 Å². The van der Waals surface area contributed by atoms with Crippen molar-refractivity contribution >= 4 is 0 Å². The predicted molar refractivity (Wildman–Crippen MR) is 90.1 cm³/mol. The molecule has 0 aromatic carbocycles. The van der Waals surface area contributed by atoms with Crippen LogP contribution in [0.4, 0.5) is 0 Å². The van der Waals surface area contributed by atoms with E-state index >= 15 is 0 Å². The minimum Gasteiger partial charge on any atom is -0.385 e. The fraction of sp³-hybridized carbons (Fsp3) is 0.882. The SMILES string of the molecule is COCCCC1CCN(Cc2nnc(C3CC(N)C3)n2C)CC1. The van der Waals surface area contributed by atoms with Gasteiger partial charge in [0.05, 0.1) is 6.54 Å². The van der Waals surface area contributed by atoms with Crippen molar-refractivity contribution in [2.75, 3.05) is 26.8 Å². The number of hydrogen-bond acceptors (Lipinski definition) is 5. The molecular formula is C17H31N5O. The Balaban J connectivity index is 1.46. The molecular weight excluding hydrogens is 290 g/mol. The molecule has 0 spiro atoms. The number of nitrogens with two attached hydrogens (primary N) is 1. The van der Waals surface area contributed by atoms with E-state index in [4.69, 9.17) is 10.5 Å². The fourth-order valence-corrected chi connectivity index (χ4v) is 3.89. The van der Waals surface area contributed by atoms with Gasteiger partial charge >= 0.3 is 0 Å². The van der Waals surface area contributed by atoms with E-state index in [1.807, 2.05) is 0 Å². The molecule has 23 heavy (non-hydrogen) atoms. The molecule has 1 saturated carbocycles. The number of likely N-dealkylation sites (tertiary alicyclic amines) is 1. The molecule has 3 rings (SSSR count). The molecule has 0 unspecified atom stereocenters. The molecule has 0 atom stereocenters. The second kappa shape index (κ2) is 7.73. The first kappa shape index (κ1) is 16.9. The van der Waals surface area contributed by atoms with Crippen molar-refractivity contribution in [2.24, 2.45) is 18.7 Å². The van der Waals surface area contributed by atoms with Crippen molar-refractivity contribution in [3.8, 4) is 0 Å². The number of rotatable bonds is 7. The Morgan fingerprint density at radius 2 is 1.96 bits per heavy atom. The summed E-state index contributed by atoms with van der Waals surface area (Å²) >= 11 is 0. The van der Waals surface area contributed by atoms with Gasteiger partial charge in [0, 0.05) is 32.7 Å². The van der Waals surface area contributed by atoms with Gasteiger partial charge in [-0.05, 0) is 57.5 Å². The summed E-state index contributed by atoms with van der Waals surface area (Å²) in [4.78, 5) is 2.52. The Morgan fingerprint density at radius 1 is 1.22 bits per heavy atom. The normalized spacial score (nSPS) is 26.4. The Kier molecular flexibility index (Phi) is 5.67. The number of piperidine rings is 1.